The van der Waals surface area contributed by atoms with Crippen LogP contribution in [0.1, 0.15) is 24.6 Å². The number of aromatic nitrogens is 4. The van der Waals surface area contributed by atoms with Gasteiger partial charge in [-0.3, -0.25) is 4.98 Å². The zero-order valence-electron chi connectivity index (χ0n) is 20.1. The van der Waals surface area contributed by atoms with Gasteiger partial charge >= 0.3 is 0 Å². The van der Waals surface area contributed by atoms with Gasteiger partial charge in [-0.2, -0.15) is 0 Å². The average Bonchev–Trinajstić information content (AvgIpc) is 3.34. The van der Waals surface area contributed by atoms with Gasteiger partial charge in [-0.15, -0.1) is 0 Å². The molecule has 0 radical (unpaired) electrons. The van der Waals surface area contributed by atoms with E-state index in [-0.39, 0.29) is 12.1 Å². The fraction of sp³-hybridized carbons (Fsp3) is 0.440. The van der Waals surface area contributed by atoms with Gasteiger partial charge in [-0.05, 0) is 38.3 Å². The second kappa shape index (κ2) is 10.0. The Morgan fingerprint density at radius 1 is 1.17 bits per heavy atom. The number of anilines is 2. The first-order chi connectivity index (χ1) is 17.0. The van der Waals surface area contributed by atoms with E-state index in [1.165, 1.54) is 0 Å². The quantitative estimate of drug-likeness (QED) is 0.445. The van der Waals surface area contributed by atoms with Gasteiger partial charge in [0.05, 0.1) is 38.2 Å². The molecule has 184 valence electrons. The van der Waals surface area contributed by atoms with Gasteiger partial charge in [0.2, 0.25) is 5.88 Å². The monoisotopic (exact) mass is 478 g/mol. The highest BCUT2D eigenvalue weighted by molar-refractivity contribution is 5.60. The third-order valence-electron chi connectivity index (χ3n) is 6.44. The van der Waals surface area contributed by atoms with Crippen molar-refractivity contribution in [2.75, 3.05) is 37.6 Å². The summed E-state index contributed by atoms with van der Waals surface area (Å²) < 4.78 is 16.2. The molecule has 1 aliphatic heterocycles. The van der Waals surface area contributed by atoms with Crippen LogP contribution < -0.4 is 19.7 Å². The summed E-state index contributed by atoms with van der Waals surface area (Å²) in [5.41, 5.74) is 3.51. The topological polar surface area (TPSA) is 115 Å². The predicted molar refractivity (Wildman–Crippen MR) is 131 cm³/mol. The molecule has 1 aliphatic carbocycles. The number of hydrogen-bond donors (Lipinski definition) is 2. The minimum absolute atomic E-state index is 0.0728. The molecule has 3 aromatic rings. The number of fused-ring (bicyclic) bond motifs is 1. The van der Waals surface area contributed by atoms with E-state index >= 15 is 0 Å². The highest BCUT2D eigenvalue weighted by Crippen LogP contribution is 2.32. The number of pyridine rings is 2. The molecule has 10 nitrogen and oxygen atoms in total. The minimum atomic E-state index is -0.856. The van der Waals surface area contributed by atoms with Crippen LogP contribution in [0.25, 0.3) is 11.5 Å². The summed E-state index contributed by atoms with van der Waals surface area (Å²) in [7, 11) is 3.51. The van der Waals surface area contributed by atoms with E-state index < -0.39 is 6.23 Å². The molecule has 5 rings (SSSR count). The van der Waals surface area contributed by atoms with Gasteiger partial charge in [0, 0.05) is 36.6 Å². The van der Waals surface area contributed by atoms with Gasteiger partial charge in [0.1, 0.15) is 29.6 Å². The fourth-order valence-electron chi connectivity index (χ4n) is 4.18. The Bertz CT molecular complexity index is 1170. The van der Waals surface area contributed by atoms with E-state index in [2.05, 4.69) is 15.3 Å². The third kappa shape index (κ3) is 4.98. The van der Waals surface area contributed by atoms with Gasteiger partial charge in [-0.25, -0.2) is 15.0 Å². The predicted octanol–water partition coefficient (Wildman–Crippen LogP) is 2.46. The van der Waals surface area contributed by atoms with E-state index in [0.29, 0.717) is 36.3 Å². The number of hydrogen-bond acceptors (Lipinski definition) is 10. The number of ether oxygens (including phenoxy) is 3. The lowest BCUT2D eigenvalue weighted by Gasteiger charge is -2.32. The number of methoxy groups -OCH3 is 1. The summed E-state index contributed by atoms with van der Waals surface area (Å²) >= 11 is 0. The standard InChI is InChI=1S/C25H30N6O4/c1-15(25(32)28-16-7-8-22(33-3)27-12-16)31(2)24-19-5-4-6-20(19)29-23(30-24)21-11-17(9-10-26-21)35-18-13-34-14-18/h7-12,15,18,25,28,32H,4-6,13-14H2,1-3H3/t15-,25?/m1/s1. The van der Waals surface area contributed by atoms with Crippen LogP contribution in [0.4, 0.5) is 11.5 Å². The molecule has 2 aliphatic rings. The Hall–Kier alpha value is -3.50. The van der Waals surface area contributed by atoms with Crippen molar-refractivity contribution in [3.8, 4) is 23.1 Å². The van der Waals surface area contributed by atoms with Crippen molar-refractivity contribution in [1.82, 2.24) is 19.9 Å². The third-order valence-corrected chi connectivity index (χ3v) is 6.44. The molecule has 0 saturated carbocycles. The largest absolute Gasteiger partial charge is 0.485 e. The van der Waals surface area contributed by atoms with Gasteiger partial charge in [0.15, 0.2) is 5.82 Å². The molecule has 0 amide bonds. The second-order valence-electron chi connectivity index (χ2n) is 8.83. The summed E-state index contributed by atoms with van der Waals surface area (Å²) in [6.45, 7) is 3.15. The SMILES string of the molecule is COc1ccc(NC(O)[C@@H](C)N(C)c2nc(-c3cc(OC4COC4)ccn3)nc3c2CCC3)cn1. The van der Waals surface area contributed by atoms with Crippen molar-refractivity contribution in [3.63, 3.8) is 0 Å². The lowest BCUT2D eigenvalue weighted by molar-refractivity contribution is -0.0796. The Morgan fingerprint density at radius 2 is 2.03 bits per heavy atom. The molecule has 1 fully saturated rings. The molecule has 2 N–H and O–H groups in total. The lowest BCUT2D eigenvalue weighted by Crippen LogP contribution is -2.44. The smallest absolute Gasteiger partial charge is 0.213 e. The second-order valence-corrected chi connectivity index (χ2v) is 8.83. The van der Waals surface area contributed by atoms with E-state index in [4.69, 9.17) is 24.2 Å². The molecule has 35 heavy (non-hydrogen) atoms. The normalized spacial score (nSPS) is 16.7. The van der Waals surface area contributed by atoms with Crippen molar-refractivity contribution in [1.29, 1.82) is 0 Å². The van der Waals surface area contributed by atoms with Crippen LogP contribution in [0.15, 0.2) is 36.7 Å². The van der Waals surface area contributed by atoms with Crippen molar-refractivity contribution in [3.05, 3.63) is 47.9 Å². The summed E-state index contributed by atoms with van der Waals surface area (Å²) in [5, 5.41) is 14.0. The van der Waals surface area contributed by atoms with E-state index in [1.807, 2.05) is 37.1 Å². The first-order valence-electron chi connectivity index (χ1n) is 11.8. The molecular formula is C25H30N6O4. The molecule has 1 unspecified atom stereocenters. The molecule has 0 bridgehead atoms. The lowest BCUT2D eigenvalue weighted by atomic mass is 10.1. The number of rotatable bonds is 9. The van der Waals surface area contributed by atoms with Crippen LogP contribution in [0.2, 0.25) is 0 Å². The van der Waals surface area contributed by atoms with Crippen LogP contribution in [-0.4, -0.2) is 70.8 Å². The van der Waals surface area contributed by atoms with Crippen LogP contribution >= 0.6 is 0 Å². The van der Waals surface area contributed by atoms with Crippen molar-refractivity contribution >= 4 is 11.5 Å². The molecule has 1 saturated heterocycles. The van der Waals surface area contributed by atoms with Crippen LogP contribution in [0.3, 0.4) is 0 Å². The maximum atomic E-state index is 10.9. The molecule has 4 heterocycles. The van der Waals surface area contributed by atoms with Crippen LogP contribution in [-0.2, 0) is 17.6 Å². The van der Waals surface area contributed by atoms with Crippen molar-refractivity contribution in [2.45, 2.75) is 44.6 Å². The van der Waals surface area contributed by atoms with E-state index in [0.717, 1.165) is 42.1 Å². The Labute approximate surface area is 204 Å². The van der Waals surface area contributed by atoms with Crippen molar-refractivity contribution < 1.29 is 19.3 Å². The summed E-state index contributed by atoms with van der Waals surface area (Å²) in [6, 6.07) is 6.98. The highest BCUT2D eigenvalue weighted by Gasteiger charge is 2.27. The number of nitrogens with one attached hydrogen (secondary N) is 1. The van der Waals surface area contributed by atoms with Gasteiger partial charge in [0.25, 0.3) is 0 Å². The molecule has 0 aromatic carbocycles. The summed E-state index contributed by atoms with van der Waals surface area (Å²) in [5.74, 6) is 2.60. The number of nitrogens with zero attached hydrogens (tertiary/aromatic N) is 5. The Morgan fingerprint density at radius 3 is 2.74 bits per heavy atom. The first-order valence-corrected chi connectivity index (χ1v) is 11.8. The number of aliphatic hydroxyl groups excluding tert-OH is 1. The Balaban J connectivity index is 1.38. The zero-order valence-corrected chi connectivity index (χ0v) is 20.1. The summed E-state index contributed by atoms with van der Waals surface area (Å²) in [4.78, 5) is 20.4. The van der Waals surface area contributed by atoms with E-state index in [9.17, 15) is 5.11 Å². The number of aliphatic hydroxyl groups is 1. The Kier molecular flexibility index (Phi) is 6.65. The average molecular weight is 479 g/mol. The van der Waals surface area contributed by atoms with Gasteiger partial charge < -0.3 is 29.5 Å². The first kappa shape index (κ1) is 23.3. The maximum Gasteiger partial charge on any atom is 0.213 e. The zero-order chi connectivity index (χ0) is 24.4. The van der Waals surface area contributed by atoms with Crippen LogP contribution in [0, 0.1) is 0 Å². The summed E-state index contributed by atoms with van der Waals surface area (Å²) in [6.07, 6.45) is 5.39. The molecular weight excluding hydrogens is 448 g/mol. The number of likely N-dealkylation sites (N-methyl/N-ethyl adjacent to an activating group) is 1. The molecule has 2 atom stereocenters. The number of aryl methyl sites for hydroxylation is 1. The minimum Gasteiger partial charge on any atom is -0.485 e. The highest BCUT2D eigenvalue weighted by atomic mass is 16.6. The molecule has 10 heteroatoms. The maximum absolute atomic E-state index is 10.9. The fourth-order valence-corrected chi connectivity index (χ4v) is 4.18. The molecule has 3 aromatic heterocycles. The van der Waals surface area contributed by atoms with Crippen molar-refractivity contribution in [2.24, 2.45) is 0 Å². The van der Waals surface area contributed by atoms with Gasteiger partial charge in [-0.1, -0.05) is 0 Å². The molecule has 0 spiro atoms. The van der Waals surface area contributed by atoms with Crippen LogP contribution in [0.5, 0.6) is 11.6 Å². The van der Waals surface area contributed by atoms with E-state index in [1.54, 1.807) is 25.6 Å².